The van der Waals surface area contributed by atoms with Crippen molar-refractivity contribution < 1.29 is 9.59 Å². The van der Waals surface area contributed by atoms with Crippen molar-refractivity contribution in [3.8, 4) is 11.4 Å². The van der Waals surface area contributed by atoms with Crippen molar-refractivity contribution in [3.63, 3.8) is 0 Å². The van der Waals surface area contributed by atoms with E-state index in [1.54, 1.807) is 35.3 Å². The molecule has 33 heavy (non-hydrogen) atoms. The van der Waals surface area contributed by atoms with E-state index < -0.39 is 0 Å². The van der Waals surface area contributed by atoms with E-state index in [0.717, 1.165) is 35.9 Å². The Labute approximate surface area is 190 Å². The molecule has 0 unspecified atom stereocenters. The number of fused-ring (bicyclic) bond motifs is 5. The van der Waals surface area contributed by atoms with Crippen LogP contribution in [0.15, 0.2) is 48.8 Å². The number of nitrogens with one attached hydrogen (secondary N) is 2. The van der Waals surface area contributed by atoms with Crippen LogP contribution in [0.3, 0.4) is 0 Å². The number of amides is 2. The second kappa shape index (κ2) is 8.50. The van der Waals surface area contributed by atoms with Crippen LogP contribution in [-0.2, 0) is 7.05 Å². The minimum Gasteiger partial charge on any atom is -0.352 e. The second-order valence-corrected chi connectivity index (χ2v) is 8.36. The first-order chi connectivity index (χ1) is 16.0. The Morgan fingerprint density at radius 3 is 2.61 bits per heavy atom. The van der Waals surface area contributed by atoms with E-state index in [0.29, 0.717) is 29.4 Å². The Balaban J connectivity index is 1.65. The van der Waals surface area contributed by atoms with Crippen molar-refractivity contribution in [2.75, 3.05) is 11.9 Å². The summed E-state index contributed by atoms with van der Waals surface area (Å²) < 4.78 is 3.74. The molecule has 0 fully saturated rings. The lowest BCUT2D eigenvalue weighted by molar-refractivity contribution is 0.0953. The average molecular weight is 444 g/mol. The van der Waals surface area contributed by atoms with Gasteiger partial charge in [0.25, 0.3) is 11.8 Å². The lowest BCUT2D eigenvalue weighted by Crippen LogP contribution is -2.25. The molecule has 4 aromatic rings. The van der Waals surface area contributed by atoms with E-state index in [1.165, 1.54) is 0 Å². The van der Waals surface area contributed by atoms with Gasteiger partial charge in [0.2, 0.25) is 5.95 Å². The van der Waals surface area contributed by atoms with Crippen molar-refractivity contribution in [1.29, 1.82) is 0 Å². The molecule has 0 saturated heterocycles. The number of benzene rings is 2. The van der Waals surface area contributed by atoms with Gasteiger partial charge in [-0.1, -0.05) is 12.1 Å². The molecule has 5 rings (SSSR count). The molecule has 2 amide bonds. The smallest absolute Gasteiger partial charge is 0.257 e. The summed E-state index contributed by atoms with van der Waals surface area (Å²) in [6.07, 6.45) is 4.30. The molecule has 1 aliphatic rings. The summed E-state index contributed by atoms with van der Waals surface area (Å²) in [6, 6.07) is 12.6. The van der Waals surface area contributed by atoms with E-state index in [2.05, 4.69) is 32.2 Å². The van der Waals surface area contributed by atoms with Crippen molar-refractivity contribution in [1.82, 2.24) is 29.6 Å². The van der Waals surface area contributed by atoms with Gasteiger partial charge in [-0.3, -0.25) is 19.6 Å². The molecule has 0 aliphatic carbocycles. The third-order valence-corrected chi connectivity index (χ3v) is 5.94. The summed E-state index contributed by atoms with van der Waals surface area (Å²) >= 11 is 0. The van der Waals surface area contributed by atoms with Crippen LogP contribution in [0.1, 0.15) is 52.9 Å². The Bertz CT molecular complexity index is 1350. The molecule has 3 heterocycles. The summed E-state index contributed by atoms with van der Waals surface area (Å²) in [5.41, 5.74) is 3.38. The Kier molecular flexibility index (Phi) is 5.37. The van der Waals surface area contributed by atoms with Crippen LogP contribution in [0, 0.1) is 0 Å². The van der Waals surface area contributed by atoms with Crippen LogP contribution in [-0.4, -0.2) is 42.7 Å². The van der Waals surface area contributed by atoms with Gasteiger partial charge in [-0.2, -0.15) is 5.10 Å². The normalized spacial score (nSPS) is 17.2. The number of aromatic nitrogens is 5. The summed E-state index contributed by atoms with van der Waals surface area (Å²) in [6.45, 7) is 2.70. The van der Waals surface area contributed by atoms with Crippen LogP contribution < -0.4 is 10.6 Å². The van der Waals surface area contributed by atoms with Gasteiger partial charge in [0.15, 0.2) is 5.82 Å². The fraction of sp³-hybridized carbons (Fsp3) is 0.292. The SMILES string of the molecule is C[C@@H]1CCCCNC(=O)c2cccc(c2)C(=O)Nc2nc3cccc(-c4ncn(C)n4)c3n21. The number of anilines is 1. The van der Waals surface area contributed by atoms with E-state index in [1.807, 2.05) is 25.2 Å². The van der Waals surface area contributed by atoms with Crippen LogP contribution >= 0.6 is 0 Å². The van der Waals surface area contributed by atoms with Gasteiger partial charge >= 0.3 is 0 Å². The lowest BCUT2D eigenvalue weighted by Gasteiger charge is -2.19. The highest BCUT2D eigenvalue weighted by Crippen LogP contribution is 2.33. The van der Waals surface area contributed by atoms with Crippen molar-refractivity contribution in [3.05, 3.63) is 59.9 Å². The molecule has 0 radical (unpaired) electrons. The van der Waals surface area contributed by atoms with E-state index >= 15 is 0 Å². The van der Waals surface area contributed by atoms with Gasteiger partial charge in [0.05, 0.1) is 11.0 Å². The number of para-hydroxylation sites is 1. The molecule has 2 aromatic carbocycles. The lowest BCUT2D eigenvalue weighted by atomic mass is 10.1. The van der Waals surface area contributed by atoms with Crippen LogP contribution in [0.25, 0.3) is 22.4 Å². The van der Waals surface area contributed by atoms with Crippen LogP contribution in [0.2, 0.25) is 0 Å². The molecule has 1 aliphatic heterocycles. The molecule has 1 atom stereocenters. The monoisotopic (exact) mass is 443 g/mol. The maximum atomic E-state index is 13.1. The summed E-state index contributed by atoms with van der Waals surface area (Å²) in [7, 11) is 1.83. The highest BCUT2D eigenvalue weighted by Gasteiger charge is 2.23. The zero-order chi connectivity index (χ0) is 22.9. The molecule has 2 aromatic heterocycles. The van der Waals surface area contributed by atoms with Crippen LogP contribution in [0.5, 0.6) is 0 Å². The molecule has 0 saturated carbocycles. The number of hydrogen-bond donors (Lipinski definition) is 2. The fourth-order valence-electron chi connectivity index (χ4n) is 4.28. The zero-order valence-corrected chi connectivity index (χ0v) is 18.6. The Morgan fingerprint density at radius 2 is 1.82 bits per heavy atom. The molecule has 168 valence electrons. The molecular formula is C24H25N7O2. The van der Waals surface area contributed by atoms with E-state index in [9.17, 15) is 9.59 Å². The standard InChI is InChI=1S/C24H25N7O2/c1-15-7-3-4-12-25-22(32)16-8-5-9-17(13-16)23(33)28-24-27-19-11-6-10-18(20(19)31(15)24)21-26-14-30(2)29-21/h5-6,8-11,13-15H,3-4,7,12H2,1-2H3,(H,25,32)(H,27,28,33)/t15-/m1/s1. The minimum atomic E-state index is -0.317. The maximum absolute atomic E-state index is 13.1. The third kappa shape index (κ3) is 3.97. The summed E-state index contributed by atoms with van der Waals surface area (Å²) in [5, 5.41) is 10.4. The first-order valence-corrected chi connectivity index (χ1v) is 11.1. The highest BCUT2D eigenvalue weighted by atomic mass is 16.2. The largest absolute Gasteiger partial charge is 0.352 e. The topological polar surface area (TPSA) is 107 Å². The van der Waals surface area contributed by atoms with Gasteiger partial charge in [0, 0.05) is 36.3 Å². The molecule has 2 N–H and O–H groups in total. The number of carbonyl (C=O) groups excluding carboxylic acids is 2. The predicted octanol–water partition coefficient (Wildman–Crippen LogP) is 3.56. The number of aryl methyl sites for hydroxylation is 1. The van der Waals surface area contributed by atoms with Gasteiger partial charge in [-0.05, 0) is 56.5 Å². The fourth-order valence-corrected chi connectivity index (χ4v) is 4.28. The van der Waals surface area contributed by atoms with Crippen molar-refractivity contribution >= 4 is 28.8 Å². The average Bonchev–Trinajstić information content (AvgIpc) is 3.41. The molecule has 0 spiro atoms. The Hall–Kier alpha value is -4.01. The van der Waals surface area contributed by atoms with Crippen molar-refractivity contribution in [2.24, 2.45) is 7.05 Å². The van der Waals surface area contributed by atoms with Gasteiger partial charge < -0.3 is 9.88 Å². The van der Waals surface area contributed by atoms with E-state index in [-0.39, 0.29) is 17.9 Å². The Morgan fingerprint density at radius 1 is 1.03 bits per heavy atom. The number of carbonyl (C=O) groups is 2. The highest BCUT2D eigenvalue weighted by molar-refractivity contribution is 6.06. The number of rotatable bonds is 1. The summed E-state index contributed by atoms with van der Waals surface area (Å²) in [4.78, 5) is 34.8. The molecule has 9 nitrogen and oxygen atoms in total. The van der Waals surface area contributed by atoms with Crippen molar-refractivity contribution in [2.45, 2.75) is 32.2 Å². The first kappa shape index (κ1) is 20.9. The predicted molar refractivity (Wildman–Crippen MR) is 125 cm³/mol. The summed E-state index contributed by atoms with van der Waals surface area (Å²) in [5.74, 6) is 0.592. The van der Waals surface area contributed by atoms with Crippen LogP contribution in [0.4, 0.5) is 5.95 Å². The molecule has 2 bridgehead atoms. The number of imidazole rings is 1. The second-order valence-electron chi connectivity index (χ2n) is 8.36. The number of hydrogen-bond acceptors (Lipinski definition) is 5. The molecule has 9 heteroatoms. The van der Waals surface area contributed by atoms with E-state index in [4.69, 9.17) is 4.98 Å². The minimum absolute atomic E-state index is 0.0557. The third-order valence-electron chi connectivity index (χ3n) is 5.94. The van der Waals surface area contributed by atoms with Gasteiger partial charge in [-0.25, -0.2) is 9.97 Å². The molecular weight excluding hydrogens is 418 g/mol. The number of nitrogens with zero attached hydrogens (tertiary/aromatic N) is 5. The first-order valence-electron chi connectivity index (χ1n) is 11.1. The van der Waals surface area contributed by atoms with Gasteiger partial charge in [-0.15, -0.1) is 0 Å². The quantitative estimate of drug-likeness (QED) is 0.468. The zero-order valence-electron chi connectivity index (χ0n) is 18.6. The maximum Gasteiger partial charge on any atom is 0.257 e. The van der Waals surface area contributed by atoms with Gasteiger partial charge in [0.1, 0.15) is 6.33 Å².